The summed E-state index contributed by atoms with van der Waals surface area (Å²) in [5.41, 5.74) is 2.95. The SMILES string of the molecule is COC(=O)c1ccc2c(c1)[nH]c1nc(Cc3ccccc3)nc(NCCCN3C(=O)CCC3=O)c12. The zero-order valence-electron chi connectivity index (χ0n) is 19.3. The predicted molar refractivity (Wildman–Crippen MR) is 131 cm³/mol. The standard InChI is InChI=1S/C26H25N5O4/c1-35-26(34)17-8-9-18-19(15-17)28-25-23(18)24(27-12-5-13-31-21(32)10-11-22(31)33)29-20(30-25)14-16-6-3-2-4-7-16/h2-4,6-9,15H,5,10-14H2,1H3,(H2,27,28,29,30). The first-order valence-electron chi connectivity index (χ1n) is 11.5. The van der Waals surface area contributed by atoms with Crippen LogP contribution in [0.4, 0.5) is 5.82 Å². The molecule has 1 fully saturated rings. The minimum Gasteiger partial charge on any atom is -0.465 e. The molecule has 2 amide bonds. The largest absolute Gasteiger partial charge is 0.465 e. The van der Waals surface area contributed by atoms with E-state index in [1.807, 2.05) is 36.4 Å². The second kappa shape index (κ2) is 9.54. The van der Waals surface area contributed by atoms with Gasteiger partial charge in [0.2, 0.25) is 11.8 Å². The van der Waals surface area contributed by atoms with Crippen LogP contribution < -0.4 is 5.32 Å². The van der Waals surface area contributed by atoms with Gasteiger partial charge >= 0.3 is 5.97 Å². The third-order valence-corrected chi connectivity index (χ3v) is 6.13. The van der Waals surface area contributed by atoms with Crippen molar-refractivity contribution in [1.82, 2.24) is 19.9 Å². The van der Waals surface area contributed by atoms with Crippen LogP contribution in [0.1, 0.15) is 41.0 Å². The monoisotopic (exact) mass is 471 g/mol. The van der Waals surface area contributed by atoms with E-state index in [9.17, 15) is 14.4 Å². The minimum absolute atomic E-state index is 0.109. The van der Waals surface area contributed by atoms with Crippen LogP contribution in [0.3, 0.4) is 0 Å². The number of methoxy groups -OCH3 is 1. The van der Waals surface area contributed by atoms with Crippen LogP contribution in [-0.4, -0.2) is 57.8 Å². The number of carbonyl (C=O) groups excluding carboxylic acids is 3. The number of nitrogens with zero attached hydrogens (tertiary/aromatic N) is 3. The number of hydrogen-bond donors (Lipinski definition) is 2. The van der Waals surface area contributed by atoms with Gasteiger partial charge in [-0.15, -0.1) is 0 Å². The molecule has 9 nitrogen and oxygen atoms in total. The van der Waals surface area contributed by atoms with Crippen LogP contribution in [0.15, 0.2) is 48.5 Å². The van der Waals surface area contributed by atoms with Crippen molar-refractivity contribution >= 4 is 45.5 Å². The fourth-order valence-electron chi connectivity index (χ4n) is 4.39. The van der Waals surface area contributed by atoms with Gasteiger partial charge in [-0.25, -0.2) is 14.8 Å². The lowest BCUT2D eigenvalue weighted by atomic mass is 10.1. The molecule has 0 spiro atoms. The highest BCUT2D eigenvalue weighted by molar-refractivity contribution is 6.12. The number of amides is 2. The second-order valence-corrected chi connectivity index (χ2v) is 8.47. The number of aromatic amines is 1. The number of anilines is 1. The summed E-state index contributed by atoms with van der Waals surface area (Å²) in [6, 6.07) is 15.3. The van der Waals surface area contributed by atoms with Crippen molar-refractivity contribution in [3.8, 4) is 0 Å². The number of nitrogens with one attached hydrogen (secondary N) is 2. The number of rotatable bonds is 8. The van der Waals surface area contributed by atoms with E-state index in [4.69, 9.17) is 14.7 Å². The Kier molecular flexibility index (Phi) is 6.13. The summed E-state index contributed by atoms with van der Waals surface area (Å²) in [4.78, 5) is 50.0. The molecule has 3 heterocycles. The van der Waals surface area contributed by atoms with Crippen LogP contribution in [0.5, 0.6) is 0 Å². The van der Waals surface area contributed by atoms with Gasteiger partial charge in [-0.3, -0.25) is 14.5 Å². The molecule has 0 aliphatic carbocycles. The minimum atomic E-state index is -0.411. The van der Waals surface area contributed by atoms with Crippen molar-refractivity contribution in [3.05, 3.63) is 65.5 Å². The van der Waals surface area contributed by atoms with Crippen LogP contribution in [0.25, 0.3) is 21.9 Å². The molecule has 1 saturated heterocycles. The molecule has 0 bridgehead atoms. The molecule has 0 radical (unpaired) electrons. The Bertz CT molecular complexity index is 1410. The van der Waals surface area contributed by atoms with Gasteiger partial charge < -0.3 is 15.0 Å². The first-order valence-corrected chi connectivity index (χ1v) is 11.5. The van der Waals surface area contributed by atoms with E-state index in [2.05, 4.69) is 10.3 Å². The number of fused-ring (bicyclic) bond motifs is 3. The quantitative estimate of drug-likeness (QED) is 0.230. The predicted octanol–water partition coefficient (Wildman–Crippen LogP) is 3.44. The van der Waals surface area contributed by atoms with Crippen LogP contribution in [0, 0.1) is 0 Å². The van der Waals surface area contributed by atoms with Crippen LogP contribution in [0.2, 0.25) is 0 Å². The summed E-state index contributed by atoms with van der Waals surface area (Å²) in [5.74, 6) is 0.684. The Morgan fingerprint density at radius 1 is 1.09 bits per heavy atom. The number of imide groups is 1. The third-order valence-electron chi connectivity index (χ3n) is 6.13. The highest BCUT2D eigenvalue weighted by Gasteiger charge is 2.28. The van der Waals surface area contributed by atoms with E-state index in [1.165, 1.54) is 12.0 Å². The highest BCUT2D eigenvalue weighted by atomic mass is 16.5. The number of ether oxygens (including phenoxy) is 1. The molecular weight excluding hydrogens is 446 g/mol. The van der Waals surface area contributed by atoms with E-state index < -0.39 is 5.97 Å². The molecule has 4 aromatic rings. The number of esters is 1. The highest BCUT2D eigenvalue weighted by Crippen LogP contribution is 2.31. The Balaban J connectivity index is 1.46. The van der Waals surface area contributed by atoms with Crippen LogP contribution in [-0.2, 0) is 20.7 Å². The summed E-state index contributed by atoms with van der Waals surface area (Å²) < 4.78 is 4.85. The molecule has 1 aliphatic rings. The fourth-order valence-corrected chi connectivity index (χ4v) is 4.39. The van der Waals surface area contributed by atoms with E-state index in [1.54, 1.807) is 12.1 Å². The Hall–Kier alpha value is -4.27. The summed E-state index contributed by atoms with van der Waals surface area (Å²) in [6.45, 7) is 0.910. The zero-order valence-corrected chi connectivity index (χ0v) is 19.3. The number of aromatic nitrogens is 3. The first kappa shape index (κ1) is 22.5. The lowest BCUT2D eigenvalue weighted by Gasteiger charge is -2.14. The molecule has 2 aromatic heterocycles. The summed E-state index contributed by atoms with van der Waals surface area (Å²) in [5, 5.41) is 5.08. The van der Waals surface area contributed by atoms with Crippen molar-refractivity contribution in [1.29, 1.82) is 0 Å². The molecule has 1 aliphatic heterocycles. The molecule has 0 saturated carbocycles. The van der Waals surface area contributed by atoms with Gasteiger partial charge in [0.1, 0.15) is 17.3 Å². The van der Waals surface area contributed by atoms with Gasteiger partial charge in [0, 0.05) is 43.3 Å². The van der Waals surface area contributed by atoms with E-state index in [0.29, 0.717) is 61.6 Å². The van der Waals surface area contributed by atoms with Crippen LogP contribution >= 0.6 is 0 Å². The smallest absolute Gasteiger partial charge is 0.337 e. The molecular formula is C26H25N5O4. The van der Waals surface area contributed by atoms with E-state index in [-0.39, 0.29) is 11.8 Å². The maximum Gasteiger partial charge on any atom is 0.337 e. The van der Waals surface area contributed by atoms with Crippen molar-refractivity contribution in [3.63, 3.8) is 0 Å². The Labute approximate surface area is 201 Å². The maximum absolute atomic E-state index is 12.0. The second-order valence-electron chi connectivity index (χ2n) is 8.47. The number of H-pyrrole nitrogens is 1. The third kappa shape index (κ3) is 4.57. The van der Waals surface area contributed by atoms with Gasteiger partial charge in [0.05, 0.1) is 18.1 Å². The van der Waals surface area contributed by atoms with Gasteiger partial charge in [-0.05, 0) is 24.1 Å². The Morgan fingerprint density at radius 3 is 2.60 bits per heavy atom. The number of likely N-dealkylation sites (tertiary alicyclic amines) is 1. The van der Waals surface area contributed by atoms with Gasteiger partial charge in [-0.2, -0.15) is 0 Å². The first-order chi connectivity index (χ1) is 17.0. The van der Waals surface area contributed by atoms with Crippen molar-refractivity contribution < 1.29 is 19.1 Å². The zero-order chi connectivity index (χ0) is 24.4. The molecule has 2 aromatic carbocycles. The summed E-state index contributed by atoms with van der Waals surface area (Å²) in [6.07, 6.45) is 1.76. The topological polar surface area (TPSA) is 117 Å². The van der Waals surface area contributed by atoms with Crippen molar-refractivity contribution in [2.24, 2.45) is 0 Å². The molecule has 5 rings (SSSR count). The Morgan fingerprint density at radius 2 is 1.86 bits per heavy atom. The molecule has 2 N–H and O–H groups in total. The molecule has 0 unspecified atom stereocenters. The van der Waals surface area contributed by atoms with Gasteiger partial charge in [0.25, 0.3) is 0 Å². The molecule has 0 atom stereocenters. The molecule has 35 heavy (non-hydrogen) atoms. The van der Waals surface area contributed by atoms with Gasteiger partial charge in [-0.1, -0.05) is 36.4 Å². The fraction of sp³-hybridized carbons (Fsp3) is 0.269. The maximum atomic E-state index is 12.0. The molecule has 9 heteroatoms. The van der Waals surface area contributed by atoms with Crippen molar-refractivity contribution in [2.75, 3.05) is 25.5 Å². The summed E-state index contributed by atoms with van der Waals surface area (Å²) in [7, 11) is 1.35. The van der Waals surface area contributed by atoms with E-state index >= 15 is 0 Å². The molecule has 178 valence electrons. The van der Waals surface area contributed by atoms with E-state index in [0.717, 1.165) is 21.9 Å². The summed E-state index contributed by atoms with van der Waals surface area (Å²) >= 11 is 0. The average molecular weight is 472 g/mol. The van der Waals surface area contributed by atoms with Gasteiger partial charge in [0.15, 0.2) is 0 Å². The number of benzene rings is 2. The average Bonchev–Trinajstić information content (AvgIpc) is 3.40. The lowest BCUT2D eigenvalue weighted by molar-refractivity contribution is -0.138. The lowest BCUT2D eigenvalue weighted by Crippen LogP contribution is -2.31. The normalized spacial score (nSPS) is 13.7. The number of hydrogen-bond acceptors (Lipinski definition) is 7. The number of carbonyl (C=O) groups is 3. The van der Waals surface area contributed by atoms with Crippen molar-refractivity contribution in [2.45, 2.75) is 25.7 Å².